The van der Waals surface area contributed by atoms with Gasteiger partial charge in [-0.3, -0.25) is 0 Å². The molecule has 5 heteroatoms. The van der Waals surface area contributed by atoms with Crippen LogP contribution in [0.5, 0.6) is 0 Å². The maximum atomic E-state index is 10.2. The minimum Gasteiger partial charge on any atom is -0.394 e. The maximum absolute atomic E-state index is 10.2. The third-order valence-corrected chi connectivity index (χ3v) is 4.23. The maximum Gasteiger partial charge on any atom is 0.113 e. The zero-order valence-electron chi connectivity index (χ0n) is 13.5. The molecule has 0 aromatic heterocycles. The van der Waals surface area contributed by atoms with Gasteiger partial charge in [-0.2, -0.15) is 0 Å². The highest BCUT2D eigenvalue weighted by atomic mass is 16.5. The molecular weight excluding hydrogens is 320 g/mol. The van der Waals surface area contributed by atoms with Gasteiger partial charge in [-0.1, -0.05) is 42.2 Å². The van der Waals surface area contributed by atoms with Crippen molar-refractivity contribution in [3.05, 3.63) is 71.3 Å². The van der Waals surface area contributed by atoms with E-state index in [0.717, 1.165) is 11.1 Å². The van der Waals surface area contributed by atoms with Gasteiger partial charge in [0.2, 0.25) is 0 Å². The lowest BCUT2D eigenvalue weighted by atomic mass is 9.91. The van der Waals surface area contributed by atoms with Crippen molar-refractivity contribution in [3.8, 4) is 11.8 Å². The molecule has 1 aliphatic heterocycles. The molecule has 5 nitrogen and oxygen atoms in total. The summed E-state index contributed by atoms with van der Waals surface area (Å²) in [5.74, 6) is 6.11. The van der Waals surface area contributed by atoms with Gasteiger partial charge in [0.1, 0.15) is 30.5 Å². The van der Waals surface area contributed by atoms with E-state index in [1.54, 1.807) is 18.2 Å². The first kappa shape index (κ1) is 17.6. The molecule has 1 fully saturated rings. The van der Waals surface area contributed by atoms with Crippen LogP contribution in [-0.2, 0) is 4.74 Å². The van der Waals surface area contributed by atoms with Gasteiger partial charge in [0.25, 0.3) is 0 Å². The van der Waals surface area contributed by atoms with Crippen LogP contribution in [0.3, 0.4) is 0 Å². The Balaban J connectivity index is 1.85. The lowest BCUT2D eigenvalue weighted by Gasteiger charge is -2.40. The Kier molecular flexibility index (Phi) is 5.49. The summed E-state index contributed by atoms with van der Waals surface area (Å²) >= 11 is 0. The fourth-order valence-corrected chi connectivity index (χ4v) is 2.84. The fraction of sp³-hybridized carbons (Fsp3) is 0.300. The molecule has 3 rings (SSSR count). The smallest absolute Gasteiger partial charge is 0.113 e. The summed E-state index contributed by atoms with van der Waals surface area (Å²) in [5, 5.41) is 39.3. The van der Waals surface area contributed by atoms with E-state index in [0.29, 0.717) is 5.56 Å². The largest absolute Gasteiger partial charge is 0.394 e. The van der Waals surface area contributed by atoms with E-state index >= 15 is 0 Å². The summed E-state index contributed by atoms with van der Waals surface area (Å²) < 4.78 is 5.58. The van der Waals surface area contributed by atoms with Crippen molar-refractivity contribution in [2.24, 2.45) is 0 Å². The number of rotatable bonds is 2. The first-order valence-electron chi connectivity index (χ1n) is 8.07. The van der Waals surface area contributed by atoms with Crippen molar-refractivity contribution in [2.45, 2.75) is 30.5 Å². The summed E-state index contributed by atoms with van der Waals surface area (Å²) in [4.78, 5) is 0. The van der Waals surface area contributed by atoms with Gasteiger partial charge in [0, 0.05) is 11.1 Å². The summed E-state index contributed by atoms with van der Waals surface area (Å²) in [6.45, 7) is -0.449. The number of hydrogen-bond acceptors (Lipinski definition) is 5. The number of aliphatic hydroxyl groups is 4. The Morgan fingerprint density at radius 3 is 2.20 bits per heavy atom. The quantitative estimate of drug-likeness (QED) is 0.601. The van der Waals surface area contributed by atoms with E-state index in [4.69, 9.17) is 4.74 Å². The Hall–Kier alpha value is -2.20. The molecule has 0 bridgehead atoms. The van der Waals surface area contributed by atoms with Crippen LogP contribution in [0.4, 0.5) is 0 Å². The summed E-state index contributed by atoms with van der Waals surface area (Å²) in [6, 6.07) is 16.7. The second kappa shape index (κ2) is 7.79. The number of hydrogen-bond donors (Lipinski definition) is 4. The molecule has 1 aliphatic rings. The molecule has 2 aromatic carbocycles. The predicted molar refractivity (Wildman–Crippen MR) is 91.6 cm³/mol. The third kappa shape index (κ3) is 3.90. The van der Waals surface area contributed by atoms with E-state index < -0.39 is 37.1 Å². The van der Waals surface area contributed by atoms with E-state index in [-0.39, 0.29) is 0 Å². The summed E-state index contributed by atoms with van der Waals surface area (Å²) in [6.07, 6.45) is -5.83. The highest BCUT2D eigenvalue weighted by Gasteiger charge is 2.43. The Labute approximate surface area is 146 Å². The van der Waals surface area contributed by atoms with Crippen molar-refractivity contribution in [3.63, 3.8) is 0 Å². The molecule has 25 heavy (non-hydrogen) atoms. The average molecular weight is 340 g/mol. The van der Waals surface area contributed by atoms with E-state index in [1.807, 2.05) is 36.4 Å². The van der Waals surface area contributed by atoms with Crippen LogP contribution in [0.2, 0.25) is 0 Å². The van der Waals surface area contributed by atoms with E-state index in [9.17, 15) is 20.4 Å². The molecule has 1 heterocycles. The SMILES string of the molecule is OC[C@H]1O[C@H](c2cccc(C#Cc3ccccc3)c2)[C@@H](O)[C@@H](O)[C@@H]1O. The Bertz CT molecular complexity index is 762. The number of aliphatic hydroxyl groups excluding tert-OH is 4. The lowest BCUT2D eigenvalue weighted by Crippen LogP contribution is -2.55. The van der Waals surface area contributed by atoms with Gasteiger partial charge < -0.3 is 25.2 Å². The monoisotopic (exact) mass is 340 g/mol. The third-order valence-electron chi connectivity index (χ3n) is 4.23. The molecular formula is C20H20O5. The zero-order chi connectivity index (χ0) is 17.8. The minimum atomic E-state index is -1.39. The van der Waals surface area contributed by atoms with Gasteiger partial charge in [-0.15, -0.1) is 0 Å². The molecule has 0 aliphatic carbocycles. The molecule has 0 saturated carbocycles. The first-order valence-corrected chi connectivity index (χ1v) is 8.07. The molecule has 2 aromatic rings. The fourth-order valence-electron chi connectivity index (χ4n) is 2.84. The first-order chi connectivity index (χ1) is 12.1. The second-order valence-corrected chi connectivity index (χ2v) is 5.99. The van der Waals surface area contributed by atoms with Gasteiger partial charge in [0.05, 0.1) is 6.61 Å². The molecule has 5 atom stereocenters. The van der Waals surface area contributed by atoms with Crippen LogP contribution in [0.15, 0.2) is 54.6 Å². The second-order valence-electron chi connectivity index (χ2n) is 5.99. The van der Waals surface area contributed by atoms with Gasteiger partial charge >= 0.3 is 0 Å². The summed E-state index contributed by atoms with van der Waals surface area (Å²) in [7, 11) is 0. The van der Waals surface area contributed by atoms with Gasteiger partial charge in [-0.05, 0) is 29.8 Å². The number of ether oxygens (including phenoxy) is 1. The molecule has 0 spiro atoms. The Morgan fingerprint density at radius 2 is 1.48 bits per heavy atom. The minimum absolute atomic E-state index is 0.449. The Morgan fingerprint density at radius 1 is 0.800 bits per heavy atom. The van der Waals surface area contributed by atoms with Crippen molar-refractivity contribution in [2.75, 3.05) is 6.61 Å². The van der Waals surface area contributed by atoms with Crippen LogP contribution in [0, 0.1) is 11.8 Å². The van der Waals surface area contributed by atoms with Crippen LogP contribution in [0.25, 0.3) is 0 Å². The highest BCUT2D eigenvalue weighted by Crippen LogP contribution is 2.32. The molecule has 130 valence electrons. The topological polar surface area (TPSA) is 90.2 Å². The van der Waals surface area contributed by atoms with Crippen molar-refractivity contribution in [1.29, 1.82) is 0 Å². The van der Waals surface area contributed by atoms with Crippen LogP contribution in [0.1, 0.15) is 22.8 Å². The van der Waals surface area contributed by atoms with E-state index in [1.165, 1.54) is 0 Å². The van der Waals surface area contributed by atoms with Gasteiger partial charge in [-0.25, -0.2) is 0 Å². The number of benzene rings is 2. The lowest BCUT2D eigenvalue weighted by molar-refractivity contribution is -0.231. The van der Waals surface area contributed by atoms with Crippen molar-refractivity contribution >= 4 is 0 Å². The summed E-state index contributed by atoms with van der Waals surface area (Å²) in [5.41, 5.74) is 2.25. The van der Waals surface area contributed by atoms with E-state index in [2.05, 4.69) is 11.8 Å². The zero-order valence-corrected chi connectivity index (χ0v) is 13.5. The normalized spacial score (nSPS) is 28.9. The van der Waals surface area contributed by atoms with Crippen LogP contribution < -0.4 is 0 Å². The standard InChI is InChI=1S/C20H20O5/c21-12-16-17(22)18(23)19(24)20(25-16)15-8-4-7-14(11-15)10-9-13-5-2-1-3-6-13/h1-8,11,16-24H,12H2/t16-,17-,18+,19+,20-/m1/s1. The molecule has 1 saturated heterocycles. The van der Waals surface area contributed by atoms with Gasteiger partial charge in [0.15, 0.2) is 0 Å². The van der Waals surface area contributed by atoms with Crippen molar-refractivity contribution < 1.29 is 25.2 Å². The van der Waals surface area contributed by atoms with Crippen molar-refractivity contribution in [1.82, 2.24) is 0 Å². The molecule has 0 amide bonds. The average Bonchev–Trinajstić information content (AvgIpc) is 2.66. The van der Waals surface area contributed by atoms with Crippen LogP contribution >= 0.6 is 0 Å². The molecule has 0 unspecified atom stereocenters. The van der Waals surface area contributed by atoms with Crippen LogP contribution in [-0.4, -0.2) is 51.4 Å². The highest BCUT2D eigenvalue weighted by molar-refractivity contribution is 5.44. The molecule has 0 radical (unpaired) electrons. The predicted octanol–water partition coefficient (Wildman–Crippen LogP) is 0.601. The molecule has 4 N–H and O–H groups in total.